The summed E-state index contributed by atoms with van der Waals surface area (Å²) < 4.78 is 41.1. The van der Waals surface area contributed by atoms with Crippen molar-refractivity contribution in [2.45, 2.75) is 64.8 Å². The molecule has 0 aromatic rings. The van der Waals surface area contributed by atoms with Crippen molar-refractivity contribution >= 4 is 0 Å². The summed E-state index contributed by atoms with van der Waals surface area (Å²) in [7, 11) is 0. The summed E-state index contributed by atoms with van der Waals surface area (Å²) in [6, 6.07) is 0.389. The first-order valence-corrected chi connectivity index (χ1v) is 6.33. The van der Waals surface area contributed by atoms with Crippen molar-refractivity contribution in [1.82, 2.24) is 5.32 Å². The van der Waals surface area contributed by atoms with Crippen molar-refractivity contribution in [3.05, 3.63) is 0 Å². The fraction of sp³-hybridized carbons (Fsp3) is 1.00. The number of hydrogen-bond donors (Lipinski definition) is 1. The summed E-state index contributed by atoms with van der Waals surface area (Å²) in [5, 5.41) is 3.36. The Labute approximate surface area is 102 Å². The highest BCUT2D eigenvalue weighted by Crippen LogP contribution is 2.22. The third-order valence-corrected chi connectivity index (χ3v) is 2.70. The molecule has 0 aromatic heterocycles. The van der Waals surface area contributed by atoms with Gasteiger partial charge in [0.05, 0.1) is 0 Å². The SMILES string of the molecule is CCCNC(CC)CCCOC(C)C(F)(F)F. The average Bonchev–Trinajstić information content (AvgIpc) is 2.26. The second-order valence-electron chi connectivity index (χ2n) is 4.26. The molecule has 1 N–H and O–H groups in total. The molecule has 0 radical (unpaired) electrons. The maximum Gasteiger partial charge on any atom is 0.414 e. The summed E-state index contributed by atoms with van der Waals surface area (Å²) in [5.74, 6) is 0. The molecule has 0 saturated carbocycles. The summed E-state index contributed by atoms with van der Waals surface area (Å²) in [4.78, 5) is 0. The Morgan fingerprint density at radius 1 is 1.24 bits per heavy atom. The summed E-state index contributed by atoms with van der Waals surface area (Å²) in [6.07, 6.45) is -2.32. The van der Waals surface area contributed by atoms with Gasteiger partial charge in [0.25, 0.3) is 0 Å². The predicted molar refractivity (Wildman–Crippen MR) is 63.1 cm³/mol. The highest BCUT2D eigenvalue weighted by molar-refractivity contribution is 4.65. The first-order valence-electron chi connectivity index (χ1n) is 6.33. The van der Waals surface area contributed by atoms with Crippen LogP contribution in [-0.4, -0.2) is 31.5 Å². The van der Waals surface area contributed by atoms with Crippen LogP contribution in [0.4, 0.5) is 13.2 Å². The van der Waals surface area contributed by atoms with E-state index >= 15 is 0 Å². The largest absolute Gasteiger partial charge is 0.414 e. The number of ether oxygens (including phenoxy) is 1. The lowest BCUT2D eigenvalue weighted by atomic mass is 10.1. The molecule has 0 bridgehead atoms. The first-order chi connectivity index (χ1) is 7.91. The lowest BCUT2D eigenvalue weighted by Crippen LogP contribution is -2.31. The van der Waals surface area contributed by atoms with Gasteiger partial charge in [-0.1, -0.05) is 13.8 Å². The lowest BCUT2D eigenvalue weighted by Gasteiger charge is -2.19. The van der Waals surface area contributed by atoms with E-state index in [2.05, 4.69) is 19.2 Å². The minimum absolute atomic E-state index is 0.172. The van der Waals surface area contributed by atoms with Gasteiger partial charge in [0.2, 0.25) is 0 Å². The van der Waals surface area contributed by atoms with Crippen molar-refractivity contribution in [2.24, 2.45) is 0 Å². The molecule has 0 aliphatic rings. The van der Waals surface area contributed by atoms with Gasteiger partial charge in [-0.05, 0) is 39.2 Å². The standard InChI is InChI=1S/C12H24F3NO/c1-4-8-16-11(5-2)7-6-9-17-10(3)12(13,14)15/h10-11,16H,4-9H2,1-3H3. The van der Waals surface area contributed by atoms with Crippen molar-refractivity contribution in [3.63, 3.8) is 0 Å². The maximum atomic E-state index is 12.1. The van der Waals surface area contributed by atoms with E-state index in [1.165, 1.54) is 0 Å². The van der Waals surface area contributed by atoms with Gasteiger partial charge in [0.15, 0.2) is 6.10 Å². The molecule has 0 rings (SSSR count). The molecule has 2 nitrogen and oxygen atoms in total. The molecule has 0 aromatic carbocycles. The molecule has 0 aliphatic carbocycles. The summed E-state index contributed by atoms with van der Waals surface area (Å²) >= 11 is 0. The van der Waals surface area contributed by atoms with Gasteiger partial charge < -0.3 is 10.1 Å². The van der Waals surface area contributed by atoms with Gasteiger partial charge in [-0.2, -0.15) is 13.2 Å². The fourth-order valence-corrected chi connectivity index (χ4v) is 1.48. The Balaban J connectivity index is 3.61. The molecule has 2 atom stereocenters. The number of alkyl halides is 3. The Bertz CT molecular complexity index is 185. The van der Waals surface area contributed by atoms with E-state index in [0.29, 0.717) is 12.5 Å². The molecule has 17 heavy (non-hydrogen) atoms. The second-order valence-corrected chi connectivity index (χ2v) is 4.26. The zero-order chi connectivity index (χ0) is 13.3. The van der Waals surface area contributed by atoms with Gasteiger partial charge in [-0.15, -0.1) is 0 Å². The molecular weight excluding hydrogens is 231 g/mol. The molecule has 0 spiro atoms. The predicted octanol–water partition coefficient (Wildman–Crippen LogP) is 3.51. The smallest absolute Gasteiger partial charge is 0.369 e. The molecule has 0 aliphatic heterocycles. The molecule has 2 unspecified atom stereocenters. The minimum atomic E-state index is -4.25. The van der Waals surface area contributed by atoms with E-state index in [1.807, 2.05) is 0 Å². The quantitative estimate of drug-likeness (QED) is 0.637. The first kappa shape index (κ1) is 16.7. The van der Waals surface area contributed by atoms with Gasteiger partial charge in [0.1, 0.15) is 0 Å². The Morgan fingerprint density at radius 3 is 2.35 bits per heavy atom. The van der Waals surface area contributed by atoms with Crippen LogP contribution in [0.3, 0.4) is 0 Å². The monoisotopic (exact) mass is 255 g/mol. The Kier molecular flexibility index (Phi) is 8.60. The van der Waals surface area contributed by atoms with Crippen LogP contribution in [0, 0.1) is 0 Å². The van der Waals surface area contributed by atoms with Crippen molar-refractivity contribution in [2.75, 3.05) is 13.2 Å². The summed E-state index contributed by atoms with van der Waals surface area (Å²) in [5.41, 5.74) is 0. The summed E-state index contributed by atoms with van der Waals surface area (Å²) in [6.45, 7) is 6.34. The zero-order valence-corrected chi connectivity index (χ0v) is 10.9. The number of halogens is 3. The van der Waals surface area contributed by atoms with Crippen LogP contribution < -0.4 is 5.32 Å². The van der Waals surface area contributed by atoms with Crippen LogP contribution in [0.15, 0.2) is 0 Å². The number of rotatable bonds is 9. The topological polar surface area (TPSA) is 21.3 Å². The van der Waals surface area contributed by atoms with Crippen LogP contribution in [-0.2, 0) is 4.74 Å². The highest BCUT2D eigenvalue weighted by Gasteiger charge is 2.36. The molecule has 0 fully saturated rings. The van der Waals surface area contributed by atoms with Crippen LogP contribution in [0.5, 0.6) is 0 Å². The van der Waals surface area contributed by atoms with E-state index in [0.717, 1.165) is 32.7 Å². The van der Waals surface area contributed by atoms with Crippen LogP contribution in [0.2, 0.25) is 0 Å². The average molecular weight is 255 g/mol. The van der Waals surface area contributed by atoms with E-state index < -0.39 is 12.3 Å². The van der Waals surface area contributed by atoms with Crippen molar-refractivity contribution in [3.8, 4) is 0 Å². The molecule has 0 saturated heterocycles. The molecular formula is C12H24F3NO. The van der Waals surface area contributed by atoms with Gasteiger partial charge in [-0.3, -0.25) is 0 Å². The van der Waals surface area contributed by atoms with Crippen LogP contribution >= 0.6 is 0 Å². The molecule has 5 heteroatoms. The van der Waals surface area contributed by atoms with Crippen molar-refractivity contribution < 1.29 is 17.9 Å². The zero-order valence-electron chi connectivity index (χ0n) is 10.9. The third-order valence-electron chi connectivity index (χ3n) is 2.70. The maximum absolute atomic E-state index is 12.1. The molecule has 0 heterocycles. The van der Waals surface area contributed by atoms with E-state index in [-0.39, 0.29) is 6.61 Å². The fourth-order valence-electron chi connectivity index (χ4n) is 1.48. The highest BCUT2D eigenvalue weighted by atomic mass is 19.4. The van der Waals surface area contributed by atoms with Crippen LogP contribution in [0.1, 0.15) is 46.5 Å². The Morgan fingerprint density at radius 2 is 1.88 bits per heavy atom. The third kappa shape index (κ3) is 8.44. The van der Waals surface area contributed by atoms with Gasteiger partial charge in [0, 0.05) is 12.6 Å². The second kappa shape index (κ2) is 8.75. The number of hydrogen-bond acceptors (Lipinski definition) is 2. The van der Waals surface area contributed by atoms with Gasteiger partial charge in [-0.25, -0.2) is 0 Å². The van der Waals surface area contributed by atoms with Crippen LogP contribution in [0.25, 0.3) is 0 Å². The lowest BCUT2D eigenvalue weighted by molar-refractivity contribution is -0.214. The van der Waals surface area contributed by atoms with E-state index in [9.17, 15) is 13.2 Å². The van der Waals surface area contributed by atoms with Gasteiger partial charge >= 0.3 is 6.18 Å². The molecule has 0 amide bonds. The molecule has 104 valence electrons. The van der Waals surface area contributed by atoms with E-state index in [4.69, 9.17) is 4.74 Å². The number of nitrogens with one attached hydrogen (secondary N) is 1. The minimum Gasteiger partial charge on any atom is -0.369 e. The van der Waals surface area contributed by atoms with Crippen molar-refractivity contribution in [1.29, 1.82) is 0 Å². The normalized spacial score (nSPS) is 15.9. The van der Waals surface area contributed by atoms with E-state index in [1.54, 1.807) is 0 Å². The Hall–Kier alpha value is -0.290.